The van der Waals surface area contributed by atoms with Crippen molar-refractivity contribution in [1.29, 1.82) is 0 Å². The Bertz CT molecular complexity index is 557. The molecule has 92 valence electrons. The molecule has 0 aliphatic carbocycles. The van der Waals surface area contributed by atoms with Crippen molar-refractivity contribution in [3.63, 3.8) is 0 Å². The van der Waals surface area contributed by atoms with Gasteiger partial charge in [0, 0.05) is 24.6 Å². The molecule has 1 N–H and O–H groups in total. The highest BCUT2D eigenvalue weighted by Crippen LogP contribution is 2.10. The Kier molecular flexibility index (Phi) is 3.89. The molecular formula is C13H12ClN3O. The Morgan fingerprint density at radius 2 is 2.22 bits per heavy atom. The van der Waals surface area contributed by atoms with Crippen LogP contribution in [0.2, 0.25) is 5.15 Å². The molecule has 0 fully saturated rings. The highest BCUT2D eigenvalue weighted by molar-refractivity contribution is 6.29. The van der Waals surface area contributed by atoms with Crippen molar-refractivity contribution in [2.45, 2.75) is 13.5 Å². The number of hydrogen-bond acceptors (Lipinski definition) is 3. The van der Waals surface area contributed by atoms with E-state index in [4.69, 9.17) is 11.6 Å². The molecule has 0 aromatic carbocycles. The molecule has 2 aromatic rings. The Labute approximate surface area is 110 Å². The summed E-state index contributed by atoms with van der Waals surface area (Å²) in [4.78, 5) is 19.8. The number of aromatic nitrogens is 2. The Hall–Kier alpha value is -1.94. The van der Waals surface area contributed by atoms with E-state index in [1.165, 1.54) is 6.20 Å². The second kappa shape index (κ2) is 5.60. The van der Waals surface area contributed by atoms with Crippen LogP contribution in [-0.2, 0) is 6.54 Å². The van der Waals surface area contributed by atoms with Gasteiger partial charge in [-0.3, -0.25) is 9.78 Å². The van der Waals surface area contributed by atoms with Crippen LogP contribution in [0.15, 0.2) is 36.7 Å². The highest BCUT2D eigenvalue weighted by Gasteiger charge is 2.06. The molecule has 0 aliphatic rings. The summed E-state index contributed by atoms with van der Waals surface area (Å²) in [6.07, 6.45) is 3.16. The van der Waals surface area contributed by atoms with Gasteiger partial charge in [-0.15, -0.1) is 0 Å². The van der Waals surface area contributed by atoms with Crippen LogP contribution < -0.4 is 5.32 Å². The average molecular weight is 262 g/mol. The van der Waals surface area contributed by atoms with Crippen LogP contribution in [0.25, 0.3) is 0 Å². The first-order valence-electron chi connectivity index (χ1n) is 5.47. The molecule has 18 heavy (non-hydrogen) atoms. The minimum Gasteiger partial charge on any atom is -0.348 e. The monoisotopic (exact) mass is 261 g/mol. The summed E-state index contributed by atoms with van der Waals surface area (Å²) in [5.74, 6) is -0.155. The summed E-state index contributed by atoms with van der Waals surface area (Å²) in [6.45, 7) is 2.28. The maximum Gasteiger partial charge on any atom is 0.253 e. The summed E-state index contributed by atoms with van der Waals surface area (Å²) in [5, 5.41) is 3.27. The van der Waals surface area contributed by atoms with Gasteiger partial charge in [0.2, 0.25) is 0 Å². The Morgan fingerprint density at radius 3 is 2.89 bits per heavy atom. The summed E-state index contributed by atoms with van der Waals surface area (Å²) < 4.78 is 0. The van der Waals surface area contributed by atoms with Crippen LogP contribution in [-0.4, -0.2) is 15.9 Å². The molecule has 0 saturated carbocycles. The maximum atomic E-state index is 11.8. The molecule has 0 radical (unpaired) electrons. The number of aryl methyl sites for hydroxylation is 1. The number of nitrogens with zero attached hydrogens (tertiary/aromatic N) is 2. The van der Waals surface area contributed by atoms with E-state index in [1.54, 1.807) is 24.4 Å². The highest BCUT2D eigenvalue weighted by atomic mass is 35.5. The lowest BCUT2D eigenvalue weighted by atomic mass is 10.2. The van der Waals surface area contributed by atoms with Crippen LogP contribution in [0.4, 0.5) is 0 Å². The third kappa shape index (κ3) is 3.05. The molecule has 0 saturated heterocycles. The van der Waals surface area contributed by atoms with Crippen LogP contribution in [0.5, 0.6) is 0 Å². The number of pyridine rings is 2. The van der Waals surface area contributed by atoms with Gasteiger partial charge in [0.15, 0.2) is 0 Å². The number of amides is 1. The lowest BCUT2D eigenvalue weighted by Crippen LogP contribution is -2.23. The second-order valence-corrected chi connectivity index (χ2v) is 4.19. The van der Waals surface area contributed by atoms with Crippen LogP contribution >= 0.6 is 11.6 Å². The fourth-order valence-corrected chi connectivity index (χ4v) is 1.71. The molecular weight excluding hydrogens is 250 g/mol. The molecule has 0 atom stereocenters. The van der Waals surface area contributed by atoms with Crippen LogP contribution in [0.3, 0.4) is 0 Å². The molecule has 0 aliphatic heterocycles. The van der Waals surface area contributed by atoms with Gasteiger partial charge in [-0.2, -0.15) is 0 Å². The van der Waals surface area contributed by atoms with Crippen molar-refractivity contribution in [3.05, 3.63) is 58.6 Å². The van der Waals surface area contributed by atoms with Gasteiger partial charge in [0.25, 0.3) is 5.91 Å². The van der Waals surface area contributed by atoms with E-state index in [2.05, 4.69) is 15.3 Å². The molecule has 2 rings (SSSR count). The number of rotatable bonds is 3. The molecule has 5 heteroatoms. The minimum atomic E-state index is -0.155. The van der Waals surface area contributed by atoms with Crippen molar-refractivity contribution in [1.82, 2.24) is 15.3 Å². The van der Waals surface area contributed by atoms with E-state index < -0.39 is 0 Å². The average Bonchev–Trinajstić information content (AvgIpc) is 2.38. The fraction of sp³-hybridized carbons (Fsp3) is 0.154. The van der Waals surface area contributed by atoms with E-state index in [-0.39, 0.29) is 5.91 Å². The third-order valence-corrected chi connectivity index (χ3v) is 2.73. The first kappa shape index (κ1) is 12.5. The van der Waals surface area contributed by atoms with Crippen molar-refractivity contribution < 1.29 is 4.79 Å². The quantitative estimate of drug-likeness (QED) is 0.863. The largest absolute Gasteiger partial charge is 0.348 e. The zero-order valence-electron chi connectivity index (χ0n) is 9.85. The van der Waals surface area contributed by atoms with Crippen molar-refractivity contribution >= 4 is 17.5 Å². The minimum absolute atomic E-state index is 0.155. The van der Waals surface area contributed by atoms with E-state index in [0.29, 0.717) is 17.3 Å². The molecule has 1 amide bonds. The predicted octanol–water partition coefficient (Wildman–Crippen LogP) is 2.37. The zero-order chi connectivity index (χ0) is 13.0. The van der Waals surface area contributed by atoms with Crippen molar-refractivity contribution in [2.24, 2.45) is 0 Å². The van der Waals surface area contributed by atoms with E-state index in [0.717, 1.165) is 11.3 Å². The molecule has 4 nitrogen and oxygen atoms in total. The molecule has 2 heterocycles. The number of halogens is 1. The zero-order valence-corrected chi connectivity index (χ0v) is 10.6. The first-order valence-corrected chi connectivity index (χ1v) is 5.85. The summed E-state index contributed by atoms with van der Waals surface area (Å²) in [6, 6.07) is 7.01. The first-order chi connectivity index (χ1) is 8.66. The summed E-state index contributed by atoms with van der Waals surface area (Å²) in [7, 11) is 0. The second-order valence-electron chi connectivity index (χ2n) is 3.80. The summed E-state index contributed by atoms with van der Waals surface area (Å²) in [5.41, 5.74) is 2.29. The van der Waals surface area contributed by atoms with Gasteiger partial charge in [0.05, 0.1) is 5.56 Å². The lowest BCUT2D eigenvalue weighted by Gasteiger charge is -2.07. The molecule has 0 unspecified atom stereocenters. The van der Waals surface area contributed by atoms with Crippen LogP contribution in [0, 0.1) is 6.92 Å². The molecule has 0 bridgehead atoms. The van der Waals surface area contributed by atoms with Crippen molar-refractivity contribution in [2.75, 3.05) is 0 Å². The van der Waals surface area contributed by atoms with Crippen molar-refractivity contribution in [3.8, 4) is 0 Å². The van der Waals surface area contributed by atoms with Crippen LogP contribution in [0.1, 0.15) is 21.6 Å². The topological polar surface area (TPSA) is 54.9 Å². The predicted molar refractivity (Wildman–Crippen MR) is 69.4 cm³/mol. The number of hydrogen-bond donors (Lipinski definition) is 1. The maximum absolute atomic E-state index is 11.8. The molecule has 0 spiro atoms. The van der Waals surface area contributed by atoms with E-state index >= 15 is 0 Å². The number of carbonyl (C=O) groups excluding carboxylic acids is 1. The van der Waals surface area contributed by atoms with Gasteiger partial charge in [-0.25, -0.2) is 4.98 Å². The smallest absolute Gasteiger partial charge is 0.253 e. The third-order valence-electron chi connectivity index (χ3n) is 2.52. The van der Waals surface area contributed by atoms with Gasteiger partial charge in [-0.05, 0) is 30.7 Å². The standard InChI is InChI=1S/C13H12ClN3O/c1-9-10(4-5-12(14)17-9)8-16-13(18)11-3-2-6-15-7-11/h2-7H,8H2,1H3,(H,16,18). The van der Waals surface area contributed by atoms with E-state index in [9.17, 15) is 4.79 Å². The lowest BCUT2D eigenvalue weighted by molar-refractivity contribution is 0.0950. The Morgan fingerprint density at radius 1 is 1.39 bits per heavy atom. The molecule has 2 aromatic heterocycles. The van der Waals surface area contributed by atoms with Gasteiger partial charge in [-0.1, -0.05) is 17.7 Å². The van der Waals surface area contributed by atoms with E-state index in [1.807, 2.05) is 13.0 Å². The van der Waals surface area contributed by atoms with Gasteiger partial charge in [0.1, 0.15) is 5.15 Å². The van der Waals surface area contributed by atoms with Gasteiger partial charge >= 0.3 is 0 Å². The normalized spacial score (nSPS) is 10.1. The van der Waals surface area contributed by atoms with Gasteiger partial charge < -0.3 is 5.32 Å². The fourth-order valence-electron chi connectivity index (χ4n) is 1.52. The number of nitrogens with one attached hydrogen (secondary N) is 1. The number of carbonyl (C=O) groups is 1. The SMILES string of the molecule is Cc1nc(Cl)ccc1CNC(=O)c1cccnc1. The summed E-state index contributed by atoms with van der Waals surface area (Å²) >= 11 is 5.77. The Balaban J connectivity index is 2.02.